The molecular formula is C18H29N5O2. The molecular weight excluding hydrogens is 318 g/mol. The number of amides is 1. The molecule has 3 heterocycles. The number of hydrogen-bond acceptors (Lipinski definition) is 5. The Morgan fingerprint density at radius 1 is 1.32 bits per heavy atom. The second-order valence-corrected chi connectivity index (χ2v) is 7.23. The van der Waals surface area contributed by atoms with E-state index in [9.17, 15) is 9.59 Å². The van der Waals surface area contributed by atoms with E-state index in [1.807, 2.05) is 0 Å². The van der Waals surface area contributed by atoms with Gasteiger partial charge in [0.2, 0.25) is 5.91 Å². The smallest absolute Gasteiger partial charge is 0.268 e. The molecule has 1 aromatic heterocycles. The summed E-state index contributed by atoms with van der Waals surface area (Å²) in [4.78, 5) is 28.3. The molecule has 7 nitrogen and oxygen atoms in total. The summed E-state index contributed by atoms with van der Waals surface area (Å²) in [6.45, 7) is 5.92. The molecule has 1 aromatic rings. The minimum atomic E-state index is -0.0905. The number of anilines is 1. The fourth-order valence-corrected chi connectivity index (χ4v) is 3.68. The predicted octanol–water partition coefficient (Wildman–Crippen LogP) is 0.599. The Hall–Kier alpha value is -1.89. The van der Waals surface area contributed by atoms with E-state index in [0.717, 1.165) is 44.7 Å². The van der Waals surface area contributed by atoms with Crippen LogP contribution in [0.1, 0.15) is 32.1 Å². The van der Waals surface area contributed by atoms with Crippen LogP contribution in [0.3, 0.4) is 0 Å². The second-order valence-electron chi connectivity index (χ2n) is 7.23. The average Bonchev–Trinajstić information content (AvgIpc) is 3.27. The zero-order valence-electron chi connectivity index (χ0n) is 15.1. The van der Waals surface area contributed by atoms with Crippen LogP contribution in [0.25, 0.3) is 0 Å². The highest BCUT2D eigenvalue weighted by Crippen LogP contribution is 2.21. The average molecular weight is 347 g/mol. The normalized spacial score (nSPS) is 21.0. The van der Waals surface area contributed by atoms with Crippen LogP contribution in [0.4, 0.5) is 5.69 Å². The molecule has 0 spiro atoms. The quantitative estimate of drug-likeness (QED) is 0.782. The third-order valence-electron chi connectivity index (χ3n) is 5.27. The minimum absolute atomic E-state index is 0.0905. The molecule has 2 aliphatic rings. The topological polar surface area (TPSA) is 70.5 Å². The second kappa shape index (κ2) is 8.47. The van der Waals surface area contributed by atoms with Gasteiger partial charge in [-0.25, -0.2) is 4.68 Å². The number of nitrogens with zero attached hydrogens (tertiary/aromatic N) is 4. The van der Waals surface area contributed by atoms with Gasteiger partial charge in [-0.2, -0.15) is 5.10 Å². The number of aromatic nitrogens is 2. The van der Waals surface area contributed by atoms with Crippen LogP contribution in [-0.4, -0.2) is 59.9 Å². The first-order valence-electron chi connectivity index (χ1n) is 9.39. The van der Waals surface area contributed by atoms with Gasteiger partial charge in [0.15, 0.2) is 0 Å². The Labute approximate surface area is 149 Å². The summed E-state index contributed by atoms with van der Waals surface area (Å²) < 4.78 is 1.33. The van der Waals surface area contributed by atoms with Gasteiger partial charge in [0.25, 0.3) is 5.56 Å². The van der Waals surface area contributed by atoms with Crippen LogP contribution in [0.2, 0.25) is 0 Å². The monoisotopic (exact) mass is 347 g/mol. The lowest BCUT2D eigenvalue weighted by Gasteiger charge is -2.18. The van der Waals surface area contributed by atoms with Crippen LogP contribution < -0.4 is 15.8 Å². The molecule has 2 fully saturated rings. The Morgan fingerprint density at radius 3 is 2.88 bits per heavy atom. The summed E-state index contributed by atoms with van der Waals surface area (Å²) in [7, 11) is 1.65. The van der Waals surface area contributed by atoms with E-state index in [-0.39, 0.29) is 11.5 Å². The fraction of sp³-hybridized carbons (Fsp3) is 0.722. The maximum absolute atomic E-state index is 12.0. The Bertz CT molecular complexity index is 639. The van der Waals surface area contributed by atoms with Crippen molar-refractivity contribution < 1.29 is 4.79 Å². The third kappa shape index (κ3) is 5.04. The highest BCUT2D eigenvalue weighted by molar-refractivity contribution is 5.75. The maximum Gasteiger partial charge on any atom is 0.268 e. The maximum atomic E-state index is 12.0. The van der Waals surface area contributed by atoms with Crippen LogP contribution in [-0.2, 0) is 11.8 Å². The molecule has 3 rings (SSSR count). The third-order valence-corrected chi connectivity index (χ3v) is 5.27. The summed E-state index contributed by atoms with van der Waals surface area (Å²) in [6, 6.07) is 1.63. The molecule has 0 aromatic carbocycles. The number of carbonyl (C=O) groups excluding carboxylic acids is 1. The molecule has 0 aliphatic carbocycles. The van der Waals surface area contributed by atoms with Gasteiger partial charge in [-0.3, -0.25) is 9.59 Å². The molecule has 2 aliphatic heterocycles. The lowest BCUT2D eigenvalue weighted by molar-refractivity contribution is -0.121. The first-order valence-corrected chi connectivity index (χ1v) is 9.39. The number of nitrogens with one attached hydrogen (secondary N) is 1. The Kier molecular flexibility index (Phi) is 6.07. The highest BCUT2D eigenvalue weighted by Gasteiger charge is 2.23. The lowest BCUT2D eigenvalue weighted by Crippen LogP contribution is -2.32. The molecule has 0 radical (unpaired) electrons. The van der Waals surface area contributed by atoms with E-state index in [1.165, 1.54) is 30.6 Å². The SMILES string of the molecule is Cn1ncc(N2CC[C@H](CNC(=O)CCCN3CCCC3)C2)cc1=O. The number of likely N-dealkylation sites (tertiary alicyclic amines) is 1. The molecule has 7 heteroatoms. The van der Waals surface area contributed by atoms with E-state index in [0.29, 0.717) is 12.3 Å². The standard InChI is InChI=1S/C18H29N5O2/c1-21-18(25)11-16(13-20-21)23-10-6-15(14-23)12-19-17(24)5-4-9-22-7-2-3-8-22/h11,13,15H,2-10,12,14H2,1H3,(H,19,24)/t15-/m1/s1. The van der Waals surface area contributed by atoms with E-state index in [2.05, 4.69) is 20.2 Å². The van der Waals surface area contributed by atoms with Crippen molar-refractivity contribution in [2.45, 2.75) is 32.1 Å². The van der Waals surface area contributed by atoms with Gasteiger partial charge in [0.05, 0.1) is 11.9 Å². The number of rotatable bonds is 7. The molecule has 1 atom stereocenters. The molecule has 2 saturated heterocycles. The van der Waals surface area contributed by atoms with E-state index in [1.54, 1.807) is 19.3 Å². The zero-order chi connectivity index (χ0) is 17.6. The van der Waals surface area contributed by atoms with Crippen LogP contribution in [0.5, 0.6) is 0 Å². The molecule has 0 saturated carbocycles. The Balaban J connectivity index is 1.35. The number of carbonyl (C=O) groups is 1. The Morgan fingerprint density at radius 2 is 2.12 bits per heavy atom. The van der Waals surface area contributed by atoms with E-state index in [4.69, 9.17) is 0 Å². The van der Waals surface area contributed by atoms with Crippen molar-refractivity contribution in [2.24, 2.45) is 13.0 Å². The van der Waals surface area contributed by atoms with Crippen molar-refractivity contribution in [3.05, 3.63) is 22.6 Å². The zero-order valence-corrected chi connectivity index (χ0v) is 15.1. The summed E-state index contributed by atoms with van der Waals surface area (Å²) >= 11 is 0. The van der Waals surface area contributed by atoms with Crippen molar-refractivity contribution in [1.82, 2.24) is 20.0 Å². The van der Waals surface area contributed by atoms with E-state index < -0.39 is 0 Å². The summed E-state index contributed by atoms with van der Waals surface area (Å²) in [5.74, 6) is 0.597. The predicted molar refractivity (Wildman–Crippen MR) is 97.7 cm³/mol. The van der Waals surface area contributed by atoms with Gasteiger partial charge < -0.3 is 15.1 Å². The van der Waals surface area contributed by atoms with E-state index >= 15 is 0 Å². The summed E-state index contributed by atoms with van der Waals surface area (Å²) in [5.41, 5.74) is 0.787. The van der Waals surface area contributed by atoms with Crippen molar-refractivity contribution in [2.75, 3.05) is 44.2 Å². The number of hydrogen-bond donors (Lipinski definition) is 1. The van der Waals surface area contributed by atoms with Gasteiger partial charge in [-0.15, -0.1) is 0 Å². The first-order chi connectivity index (χ1) is 12.1. The number of aryl methyl sites for hydroxylation is 1. The van der Waals surface area contributed by atoms with Crippen molar-refractivity contribution >= 4 is 11.6 Å². The minimum Gasteiger partial charge on any atom is -0.370 e. The summed E-state index contributed by atoms with van der Waals surface area (Å²) in [5, 5.41) is 7.15. The van der Waals surface area contributed by atoms with Crippen LogP contribution >= 0.6 is 0 Å². The largest absolute Gasteiger partial charge is 0.370 e. The summed E-state index contributed by atoms with van der Waals surface area (Å²) in [6.07, 6.45) is 6.93. The lowest BCUT2D eigenvalue weighted by atomic mass is 10.1. The molecule has 1 N–H and O–H groups in total. The molecule has 138 valence electrons. The van der Waals surface area contributed by atoms with Gasteiger partial charge in [-0.1, -0.05) is 0 Å². The molecule has 0 bridgehead atoms. The van der Waals surface area contributed by atoms with Crippen molar-refractivity contribution in [3.63, 3.8) is 0 Å². The van der Waals surface area contributed by atoms with Gasteiger partial charge in [-0.05, 0) is 51.2 Å². The van der Waals surface area contributed by atoms with Gasteiger partial charge in [0.1, 0.15) is 0 Å². The van der Waals surface area contributed by atoms with Crippen molar-refractivity contribution in [3.8, 4) is 0 Å². The molecule has 1 amide bonds. The van der Waals surface area contributed by atoms with Gasteiger partial charge in [0, 0.05) is 39.2 Å². The van der Waals surface area contributed by atoms with Gasteiger partial charge >= 0.3 is 0 Å². The first kappa shape index (κ1) is 17.9. The molecule has 25 heavy (non-hydrogen) atoms. The van der Waals surface area contributed by atoms with Crippen LogP contribution in [0, 0.1) is 5.92 Å². The highest BCUT2D eigenvalue weighted by atomic mass is 16.1. The van der Waals surface area contributed by atoms with Crippen molar-refractivity contribution in [1.29, 1.82) is 0 Å². The van der Waals surface area contributed by atoms with Crippen LogP contribution in [0.15, 0.2) is 17.1 Å². The fourth-order valence-electron chi connectivity index (χ4n) is 3.68. The molecule has 0 unspecified atom stereocenters.